The lowest BCUT2D eigenvalue weighted by atomic mass is 9.91. The van der Waals surface area contributed by atoms with Crippen LogP contribution in [0.2, 0.25) is 0 Å². The van der Waals surface area contributed by atoms with Crippen molar-refractivity contribution < 1.29 is 13.2 Å². The molecule has 1 aromatic heterocycles. The van der Waals surface area contributed by atoms with E-state index in [-0.39, 0.29) is 10.8 Å². The fourth-order valence-corrected chi connectivity index (χ4v) is 6.26. The van der Waals surface area contributed by atoms with Gasteiger partial charge in [-0.05, 0) is 69.6 Å². The minimum absolute atomic E-state index is 0.114. The number of anilines is 1. The first-order valence-corrected chi connectivity index (χ1v) is 11.9. The highest BCUT2D eigenvalue weighted by atomic mass is 32.2. The number of rotatable bonds is 4. The van der Waals surface area contributed by atoms with Gasteiger partial charge in [-0.2, -0.15) is 0 Å². The molecule has 2 aliphatic rings. The molecule has 1 aromatic carbocycles. The van der Waals surface area contributed by atoms with Crippen molar-refractivity contribution in [1.82, 2.24) is 9.47 Å². The van der Waals surface area contributed by atoms with E-state index in [0.717, 1.165) is 44.1 Å². The summed E-state index contributed by atoms with van der Waals surface area (Å²) >= 11 is 0. The van der Waals surface area contributed by atoms with Crippen molar-refractivity contribution in [2.24, 2.45) is 7.05 Å². The first-order valence-electron chi connectivity index (χ1n) is 10.4. The molecular formula is C22H29N3O3S. The summed E-state index contributed by atoms with van der Waals surface area (Å²) in [5.74, 6) is -0.181. The fourth-order valence-electron chi connectivity index (χ4n) is 4.65. The molecule has 1 saturated heterocycles. The Bertz CT molecular complexity index is 1060. The van der Waals surface area contributed by atoms with Gasteiger partial charge in [0, 0.05) is 31.5 Å². The smallest absolute Gasteiger partial charge is 0.264 e. The van der Waals surface area contributed by atoms with Crippen molar-refractivity contribution in [2.75, 3.05) is 17.8 Å². The number of amides is 1. The monoisotopic (exact) mass is 415 g/mol. The fraction of sp³-hybridized carbons (Fsp3) is 0.500. The largest absolute Gasteiger partial charge is 0.350 e. The number of nitrogens with one attached hydrogen (secondary N) is 1. The number of hydrogen-bond acceptors (Lipinski definition) is 3. The molecule has 0 bridgehead atoms. The van der Waals surface area contributed by atoms with Crippen LogP contribution in [0.25, 0.3) is 0 Å². The molecule has 0 radical (unpaired) electrons. The lowest BCUT2D eigenvalue weighted by Crippen LogP contribution is -2.30. The van der Waals surface area contributed by atoms with Gasteiger partial charge in [0.05, 0.1) is 11.3 Å². The summed E-state index contributed by atoms with van der Waals surface area (Å²) < 4.78 is 31.7. The summed E-state index contributed by atoms with van der Waals surface area (Å²) in [5.41, 5.74) is 4.52. The van der Waals surface area contributed by atoms with Crippen molar-refractivity contribution >= 4 is 21.6 Å². The van der Waals surface area contributed by atoms with Crippen LogP contribution in [0, 0.1) is 13.8 Å². The quantitative estimate of drug-likeness (QED) is 0.830. The van der Waals surface area contributed by atoms with E-state index in [1.165, 1.54) is 5.56 Å². The molecule has 7 heteroatoms. The molecule has 1 N–H and O–H groups in total. The average molecular weight is 416 g/mol. The molecule has 29 heavy (non-hydrogen) atoms. The number of fused-ring (bicyclic) bond motifs is 1. The van der Waals surface area contributed by atoms with Gasteiger partial charge in [0.15, 0.2) is 0 Å². The maximum Gasteiger partial charge on any atom is 0.264 e. The number of aromatic nitrogens is 1. The van der Waals surface area contributed by atoms with Crippen LogP contribution < -0.4 is 4.72 Å². The zero-order valence-corrected chi connectivity index (χ0v) is 18.2. The third-order valence-corrected chi connectivity index (χ3v) is 7.97. The lowest BCUT2D eigenvalue weighted by Gasteiger charge is -2.21. The van der Waals surface area contributed by atoms with E-state index < -0.39 is 10.0 Å². The Morgan fingerprint density at radius 3 is 2.41 bits per heavy atom. The summed E-state index contributed by atoms with van der Waals surface area (Å²) in [6.07, 6.45) is 5.98. The number of carbonyl (C=O) groups is 1. The number of benzene rings is 1. The van der Waals surface area contributed by atoms with Gasteiger partial charge >= 0.3 is 0 Å². The second-order valence-corrected chi connectivity index (χ2v) is 9.81. The van der Waals surface area contributed by atoms with Crippen LogP contribution >= 0.6 is 0 Å². The summed E-state index contributed by atoms with van der Waals surface area (Å²) in [4.78, 5) is 15.1. The molecule has 0 spiro atoms. The minimum Gasteiger partial charge on any atom is -0.350 e. The Morgan fingerprint density at radius 1 is 1.00 bits per heavy atom. The molecule has 1 aliphatic heterocycles. The van der Waals surface area contributed by atoms with E-state index in [9.17, 15) is 13.2 Å². The maximum absolute atomic E-state index is 13.5. The summed E-state index contributed by atoms with van der Waals surface area (Å²) in [6.45, 7) is 4.96. The van der Waals surface area contributed by atoms with Gasteiger partial charge in [-0.1, -0.05) is 12.1 Å². The second kappa shape index (κ2) is 7.52. The molecule has 1 amide bonds. The predicted octanol–water partition coefficient (Wildman–Crippen LogP) is 3.56. The summed E-state index contributed by atoms with van der Waals surface area (Å²) in [5, 5.41) is 0. The molecule has 0 saturated carbocycles. The summed E-state index contributed by atoms with van der Waals surface area (Å²) in [6, 6.07) is 5.81. The number of sulfonamides is 1. The van der Waals surface area contributed by atoms with Crippen LogP contribution in [-0.2, 0) is 29.9 Å². The van der Waals surface area contributed by atoms with E-state index in [1.807, 2.05) is 26.1 Å². The molecular weight excluding hydrogens is 386 g/mol. The Labute approximate surface area is 173 Å². The van der Waals surface area contributed by atoms with E-state index >= 15 is 0 Å². The molecule has 156 valence electrons. The van der Waals surface area contributed by atoms with Gasteiger partial charge in [-0.15, -0.1) is 0 Å². The molecule has 0 atom stereocenters. The van der Waals surface area contributed by atoms with Crippen LogP contribution in [0.3, 0.4) is 0 Å². The highest BCUT2D eigenvalue weighted by Crippen LogP contribution is 2.33. The average Bonchev–Trinajstić information content (AvgIpc) is 3.31. The first-order chi connectivity index (χ1) is 13.8. The Kier molecular flexibility index (Phi) is 5.19. The van der Waals surface area contributed by atoms with Gasteiger partial charge in [-0.3, -0.25) is 9.52 Å². The third-order valence-electron chi connectivity index (χ3n) is 6.44. The van der Waals surface area contributed by atoms with Crippen LogP contribution in [0.15, 0.2) is 23.1 Å². The van der Waals surface area contributed by atoms with Crippen molar-refractivity contribution in [1.29, 1.82) is 0 Å². The van der Waals surface area contributed by atoms with Crippen LogP contribution in [0.5, 0.6) is 0 Å². The Balaban J connectivity index is 1.78. The topological polar surface area (TPSA) is 71.4 Å². The number of aryl methyl sites for hydroxylation is 1. The molecule has 0 unspecified atom stereocenters. The SMILES string of the molecule is Cc1c(C(=O)N2CCCC2)c(S(=O)(=O)Nc2cccc3c2CCCC3)c(C)n1C. The standard InChI is InChI=1S/C22H29N3O3S/c1-15-20(22(26)25-13-6-7-14-25)21(16(2)24(15)3)29(27,28)23-19-12-8-10-17-9-4-5-11-18(17)19/h8,10,12,23H,4-7,9,11,13-14H2,1-3H3. The predicted molar refractivity (Wildman–Crippen MR) is 114 cm³/mol. The highest BCUT2D eigenvalue weighted by molar-refractivity contribution is 7.92. The number of nitrogens with zero attached hydrogens (tertiary/aromatic N) is 2. The minimum atomic E-state index is -3.90. The van der Waals surface area contributed by atoms with Gasteiger partial charge in [0.1, 0.15) is 4.90 Å². The van der Waals surface area contributed by atoms with Crippen molar-refractivity contribution in [3.8, 4) is 0 Å². The van der Waals surface area contributed by atoms with Crippen molar-refractivity contribution in [2.45, 2.75) is 57.3 Å². The van der Waals surface area contributed by atoms with Gasteiger partial charge in [0.2, 0.25) is 0 Å². The van der Waals surface area contributed by atoms with E-state index in [1.54, 1.807) is 16.4 Å². The van der Waals surface area contributed by atoms with Crippen LogP contribution in [0.1, 0.15) is 58.6 Å². The molecule has 6 nitrogen and oxygen atoms in total. The molecule has 2 aromatic rings. The summed E-state index contributed by atoms with van der Waals surface area (Å²) in [7, 11) is -2.09. The van der Waals surface area contributed by atoms with E-state index in [0.29, 0.717) is 35.7 Å². The van der Waals surface area contributed by atoms with Crippen molar-refractivity contribution in [3.63, 3.8) is 0 Å². The van der Waals surface area contributed by atoms with Crippen LogP contribution in [-0.4, -0.2) is 36.9 Å². The van der Waals surface area contributed by atoms with Crippen molar-refractivity contribution in [3.05, 3.63) is 46.3 Å². The van der Waals surface area contributed by atoms with E-state index in [2.05, 4.69) is 10.8 Å². The first kappa shape index (κ1) is 20.0. The number of carbonyl (C=O) groups excluding carboxylic acids is 1. The van der Waals surface area contributed by atoms with Gasteiger partial charge in [-0.25, -0.2) is 8.42 Å². The molecule has 1 fully saturated rings. The number of hydrogen-bond donors (Lipinski definition) is 1. The van der Waals surface area contributed by atoms with Gasteiger partial charge < -0.3 is 9.47 Å². The highest BCUT2D eigenvalue weighted by Gasteiger charge is 2.34. The Morgan fingerprint density at radius 2 is 1.69 bits per heavy atom. The normalized spacial score (nSPS) is 16.7. The third kappa shape index (κ3) is 3.45. The second-order valence-electron chi connectivity index (χ2n) is 8.19. The molecule has 2 heterocycles. The van der Waals surface area contributed by atoms with E-state index in [4.69, 9.17) is 0 Å². The molecule has 4 rings (SSSR count). The zero-order valence-electron chi connectivity index (χ0n) is 17.4. The van der Waals surface area contributed by atoms with Gasteiger partial charge in [0.25, 0.3) is 15.9 Å². The molecule has 1 aliphatic carbocycles. The van der Waals surface area contributed by atoms with Crippen LogP contribution in [0.4, 0.5) is 5.69 Å². The lowest BCUT2D eigenvalue weighted by molar-refractivity contribution is 0.0788. The Hall–Kier alpha value is -2.28. The number of likely N-dealkylation sites (tertiary alicyclic amines) is 1. The maximum atomic E-state index is 13.5. The zero-order chi connectivity index (χ0) is 20.8.